The van der Waals surface area contributed by atoms with E-state index in [1.807, 2.05) is 48.5 Å². The van der Waals surface area contributed by atoms with Crippen molar-refractivity contribution in [1.29, 1.82) is 0 Å². The predicted octanol–water partition coefficient (Wildman–Crippen LogP) is 2.43. The van der Waals surface area contributed by atoms with E-state index in [0.717, 1.165) is 11.3 Å². The van der Waals surface area contributed by atoms with Crippen LogP contribution in [0.15, 0.2) is 54.7 Å². The zero-order chi connectivity index (χ0) is 16.8. The number of benzene rings is 1. The molecule has 1 N–H and O–H groups in total. The van der Waals surface area contributed by atoms with Crippen LogP contribution in [0, 0.1) is 5.92 Å². The molecule has 5 heteroatoms. The van der Waals surface area contributed by atoms with Gasteiger partial charge in [-0.15, -0.1) is 0 Å². The molecule has 0 saturated carbocycles. The van der Waals surface area contributed by atoms with Crippen molar-refractivity contribution >= 4 is 11.8 Å². The highest BCUT2D eigenvalue weighted by atomic mass is 16.5. The van der Waals surface area contributed by atoms with Crippen molar-refractivity contribution in [2.24, 2.45) is 5.92 Å². The van der Waals surface area contributed by atoms with Crippen molar-refractivity contribution in [2.45, 2.75) is 25.4 Å². The van der Waals surface area contributed by atoms with E-state index in [0.29, 0.717) is 19.6 Å². The number of hydrogen-bond donors (Lipinski definition) is 1. The number of pyridine rings is 1. The minimum Gasteiger partial charge on any atom is -0.465 e. The van der Waals surface area contributed by atoms with Crippen LogP contribution in [-0.2, 0) is 20.9 Å². The second-order valence-electron chi connectivity index (χ2n) is 5.84. The molecule has 1 saturated heterocycles. The second kappa shape index (κ2) is 7.84. The minimum absolute atomic E-state index is 0.0696. The lowest BCUT2D eigenvalue weighted by Crippen LogP contribution is -2.28. The van der Waals surface area contributed by atoms with E-state index in [2.05, 4.69) is 10.3 Å². The molecule has 0 bridgehead atoms. The number of esters is 1. The predicted molar refractivity (Wildman–Crippen MR) is 88.9 cm³/mol. The maximum absolute atomic E-state index is 12.5. The monoisotopic (exact) mass is 324 g/mol. The van der Waals surface area contributed by atoms with Crippen LogP contribution in [0.3, 0.4) is 0 Å². The molecule has 3 rings (SSSR count). The van der Waals surface area contributed by atoms with Crippen molar-refractivity contribution in [1.82, 2.24) is 10.3 Å². The third-order valence-electron chi connectivity index (χ3n) is 4.19. The second-order valence-corrected chi connectivity index (χ2v) is 5.84. The average molecular weight is 324 g/mol. The van der Waals surface area contributed by atoms with Gasteiger partial charge in [-0.2, -0.15) is 0 Å². The normalized spacial score (nSPS) is 18.2. The molecule has 124 valence electrons. The Morgan fingerprint density at radius 3 is 2.67 bits per heavy atom. The van der Waals surface area contributed by atoms with Gasteiger partial charge in [0.15, 0.2) is 0 Å². The van der Waals surface area contributed by atoms with Gasteiger partial charge in [-0.1, -0.05) is 36.4 Å². The molecule has 5 nitrogen and oxygen atoms in total. The summed E-state index contributed by atoms with van der Waals surface area (Å²) < 4.78 is 4.91. The van der Waals surface area contributed by atoms with Crippen LogP contribution in [0.1, 0.15) is 30.1 Å². The molecular formula is C19H20N2O3. The summed E-state index contributed by atoms with van der Waals surface area (Å²) in [6.07, 6.45) is 2.49. The summed E-state index contributed by atoms with van der Waals surface area (Å²) >= 11 is 0. The van der Waals surface area contributed by atoms with E-state index in [9.17, 15) is 9.59 Å². The van der Waals surface area contributed by atoms with Crippen LogP contribution in [0.2, 0.25) is 0 Å². The number of aromatic nitrogens is 1. The summed E-state index contributed by atoms with van der Waals surface area (Å²) in [5.41, 5.74) is 1.93. The first-order valence-electron chi connectivity index (χ1n) is 8.11. The van der Waals surface area contributed by atoms with Gasteiger partial charge in [-0.25, -0.2) is 0 Å². The Bertz CT molecular complexity index is 688. The highest BCUT2D eigenvalue weighted by Gasteiger charge is 2.34. The van der Waals surface area contributed by atoms with Crippen LogP contribution in [-0.4, -0.2) is 23.3 Å². The quantitative estimate of drug-likeness (QED) is 0.626. The third kappa shape index (κ3) is 4.06. The summed E-state index contributed by atoms with van der Waals surface area (Å²) in [7, 11) is 0. The maximum atomic E-state index is 12.5. The fourth-order valence-electron chi connectivity index (χ4n) is 2.86. The first-order valence-corrected chi connectivity index (χ1v) is 8.11. The number of ketones is 1. The Balaban J connectivity index is 1.70. The molecular weight excluding hydrogens is 304 g/mol. The van der Waals surface area contributed by atoms with E-state index in [-0.39, 0.29) is 18.2 Å². The van der Waals surface area contributed by atoms with E-state index in [1.54, 1.807) is 6.20 Å². The highest BCUT2D eigenvalue weighted by Crippen LogP contribution is 2.23. The van der Waals surface area contributed by atoms with E-state index >= 15 is 0 Å². The van der Waals surface area contributed by atoms with Crippen molar-refractivity contribution in [3.63, 3.8) is 0 Å². The minimum atomic E-state index is -0.618. The summed E-state index contributed by atoms with van der Waals surface area (Å²) in [4.78, 5) is 28.4. The summed E-state index contributed by atoms with van der Waals surface area (Å²) in [6.45, 7) is 0.898. The number of carbonyl (C=O) groups excluding carboxylic acids is 2. The smallest absolute Gasteiger partial charge is 0.316 e. The fraction of sp³-hybridized carbons (Fsp3) is 0.316. The average Bonchev–Trinajstić information content (AvgIpc) is 3.06. The zero-order valence-electron chi connectivity index (χ0n) is 13.4. The molecule has 0 aliphatic carbocycles. The molecule has 0 radical (unpaired) electrons. The molecule has 0 amide bonds. The van der Waals surface area contributed by atoms with Crippen LogP contribution in [0.4, 0.5) is 0 Å². The summed E-state index contributed by atoms with van der Waals surface area (Å²) in [5.74, 6) is -1.08. The van der Waals surface area contributed by atoms with E-state index < -0.39 is 11.9 Å². The molecule has 1 aliphatic rings. The first-order chi connectivity index (χ1) is 11.7. The SMILES string of the molecule is O=C(CC(NCc1ccccn1)c1ccccc1)C1CCOC1=O. The number of ether oxygens (including phenoxy) is 1. The number of carbonyl (C=O) groups is 2. The number of rotatable bonds is 7. The molecule has 1 aromatic heterocycles. The summed E-state index contributed by atoms with van der Waals surface area (Å²) in [6, 6.07) is 15.4. The Morgan fingerprint density at radius 1 is 1.21 bits per heavy atom. The van der Waals surface area contributed by atoms with Crippen LogP contribution >= 0.6 is 0 Å². The lowest BCUT2D eigenvalue weighted by atomic mass is 9.93. The van der Waals surface area contributed by atoms with Gasteiger partial charge < -0.3 is 10.1 Å². The van der Waals surface area contributed by atoms with Crippen molar-refractivity contribution in [3.05, 3.63) is 66.0 Å². The molecule has 2 unspecified atom stereocenters. The zero-order valence-corrected chi connectivity index (χ0v) is 13.4. The Kier molecular flexibility index (Phi) is 5.33. The number of Topliss-reactive ketones (excluding diaryl/α,β-unsaturated/α-hetero) is 1. The van der Waals surface area contributed by atoms with Gasteiger partial charge in [0.05, 0.1) is 12.3 Å². The van der Waals surface area contributed by atoms with E-state index in [1.165, 1.54) is 0 Å². The Labute approximate surface area is 141 Å². The van der Waals surface area contributed by atoms with Crippen molar-refractivity contribution < 1.29 is 14.3 Å². The Morgan fingerprint density at radius 2 is 2.00 bits per heavy atom. The maximum Gasteiger partial charge on any atom is 0.316 e. The van der Waals surface area contributed by atoms with Crippen LogP contribution in [0.5, 0.6) is 0 Å². The molecule has 2 atom stereocenters. The van der Waals surface area contributed by atoms with Crippen molar-refractivity contribution in [2.75, 3.05) is 6.61 Å². The molecule has 0 spiro atoms. The molecule has 24 heavy (non-hydrogen) atoms. The number of cyclic esters (lactones) is 1. The third-order valence-corrected chi connectivity index (χ3v) is 4.19. The largest absolute Gasteiger partial charge is 0.465 e. The lowest BCUT2D eigenvalue weighted by molar-refractivity contribution is -0.144. The first kappa shape index (κ1) is 16.3. The van der Waals surface area contributed by atoms with Gasteiger partial charge in [0.2, 0.25) is 0 Å². The molecule has 2 heterocycles. The number of hydrogen-bond acceptors (Lipinski definition) is 5. The number of nitrogens with one attached hydrogen (secondary N) is 1. The van der Waals surface area contributed by atoms with Gasteiger partial charge in [-0.3, -0.25) is 14.6 Å². The molecule has 1 fully saturated rings. The van der Waals surface area contributed by atoms with Gasteiger partial charge >= 0.3 is 5.97 Å². The fourth-order valence-corrected chi connectivity index (χ4v) is 2.86. The van der Waals surface area contributed by atoms with Crippen LogP contribution < -0.4 is 5.32 Å². The van der Waals surface area contributed by atoms with E-state index in [4.69, 9.17) is 4.74 Å². The number of nitrogens with zero attached hydrogens (tertiary/aromatic N) is 1. The molecule has 1 aliphatic heterocycles. The molecule has 2 aromatic rings. The summed E-state index contributed by atoms with van der Waals surface area (Å²) in [5, 5.41) is 3.39. The lowest BCUT2D eigenvalue weighted by Gasteiger charge is -2.19. The van der Waals surface area contributed by atoms with Gasteiger partial charge in [-0.05, 0) is 17.7 Å². The van der Waals surface area contributed by atoms with Crippen LogP contribution in [0.25, 0.3) is 0 Å². The molecule has 1 aromatic carbocycles. The van der Waals surface area contributed by atoms with Gasteiger partial charge in [0.1, 0.15) is 11.7 Å². The highest BCUT2D eigenvalue weighted by molar-refractivity contribution is 6.00. The topological polar surface area (TPSA) is 68.3 Å². The van der Waals surface area contributed by atoms with Crippen molar-refractivity contribution in [3.8, 4) is 0 Å². The van der Waals surface area contributed by atoms with Gasteiger partial charge in [0, 0.05) is 31.6 Å². The standard InChI is InChI=1S/C19H20N2O3/c22-18(16-9-11-24-19(16)23)12-17(14-6-2-1-3-7-14)21-13-15-8-4-5-10-20-15/h1-8,10,16-17,21H,9,11-13H2. The van der Waals surface area contributed by atoms with Gasteiger partial charge in [0.25, 0.3) is 0 Å². The Hall–Kier alpha value is -2.53.